The maximum Gasteiger partial charge on any atom is 0.234 e. The minimum atomic E-state index is -0.302. The first-order valence-electron chi connectivity index (χ1n) is 18.8. The van der Waals surface area contributed by atoms with E-state index >= 15 is 0 Å². The highest BCUT2D eigenvalue weighted by Crippen LogP contribution is 2.41. The lowest BCUT2D eigenvalue weighted by Crippen LogP contribution is -2.55. The molecule has 3 unspecified atom stereocenters. The number of piperazine rings is 1. The van der Waals surface area contributed by atoms with Crippen LogP contribution in [-0.2, 0) is 9.59 Å². The Morgan fingerprint density at radius 3 is 2.51 bits per heavy atom. The van der Waals surface area contributed by atoms with Crippen LogP contribution < -0.4 is 20.4 Å². The van der Waals surface area contributed by atoms with Gasteiger partial charge in [-0.25, -0.2) is 4.98 Å². The fourth-order valence-corrected chi connectivity index (χ4v) is 9.72. The molecule has 4 fully saturated rings. The molecule has 1 aromatic carbocycles. The highest BCUT2D eigenvalue weighted by atomic mass is 32.1. The van der Waals surface area contributed by atoms with Crippen LogP contribution in [0, 0.1) is 17.2 Å². The van der Waals surface area contributed by atoms with E-state index in [0.717, 1.165) is 100 Å². The first-order valence-corrected chi connectivity index (χ1v) is 19.6. The van der Waals surface area contributed by atoms with Crippen molar-refractivity contribution in [3.63, 3.8) is 0 Å². The smallest absolute Gasteiger partial charge is 0.234 e. The molecule has 2 amide bonds. The maximum atomic E-state index is 12.3. The van der Waals surface area contributed by atoms with Crippen molar-refractivity contribution in [1.29, 1.82) is 5.26 Å². The molecule has 0 spiro atoms. The van der Waals surface area contributed by atoms with Crippen LogP contribution in [0.3, 0.4) is 0 Å². The van der Waals surface area contributed by atoms with Gasteiger partial charge in [0.05, 0.1) is 39.8 Å². The number of aromatic amines is 1. The molecule has 8 heterocycles. The number of imide groups is 1. The summed E-state index contributed by atoms with van der Waals surface area (Å²) in [4.78, 5) is 44.6. The number of hydrogen-bond donors (Lipinski definition) is 3. The topological polar surface area (TPSA) is 159 Å². The van der Waals surface area contributed by atoms with Crippen LogP contribution in [0.25, 0.3) is 32.5 Å². The standard InChI is InChI=1S/C39H43N11O2S/c1-22(2)43-35-30(18-42-34-29-7-3-24(16-40)15-31(29)44-36(34)35)38-46-47-39(53-38)49-20-26-5-6-27(21-49)50(26)19-23-11-13-48(14-12-23)32-9-4-25(17-41-32)28-8-10-33(51)45-37(28)52/h3-4,7,9,15,17-18,22-23,26-28,44H,5-6,8,10-14,19-21H2,1-2H3,(H,42,43)(H,45,51,52). The Morgan fingerprint density at radius 2 is 1.79 bits per heavy atom. The van der Waals surface area contributed by atoms with Gasteiger partial charge >= 0.3 is 0 Å². The summed E-state index contributed by atoms with van der Waals surface area (Å²) in [5, 5.41) is 27.8. The summed E-state index contributed by atoms with van der Waals surface area (Å²) in [6.45, 7) is 9.27. The lowest BCUT2D eigenvalue weighted by molar-refractivity contribution is -0.134. The number of aromatic nitrogens is 5. The molecule has 0 saturated carbocycles. The van der Waals surface area contributed by atoms with E-state index in [9.17, 15) is 14.9 Å². The monoisotopic (exact) mass is 729 g/mol. The summed E-state index contributed by atoms with van der Waals surface area (Å²) in [5.41, 5.74) is 6.05. The Kier molecular flexibility index (Phi) is 8.70. The molecule has 0 radical (unpaired) electrons. The highest BCUT2D eigenvalue weighted by Gasteiger charge is 2.42. The number of hydrogen-bond acceptors (Lipinski definition) is 12. The number of nitrogens with one attached hydrogen (secondary N) is 3. The number of anilines is 3. The molecular weight excluding hydrogens is 687 g/mol. The minimum absolute atomic E-state index is 0.193. The summed E-state index contributed by atoms with van der Waals surface area (Å²) in [5.74, 6) is 0.901. The van der Waals surface area contributed by atoms with Crippen molar-refractivity contribution >= 4 is 61.7 Å². The fourth-order valence-electron chi connectivity index (χ4n) is 8.84. The van der Waals surface area contributed by atoms with E-state index in [1.54, 1.807) is 11.3 Å². The normalized spacial score (nSPS) is 22.6. The SMILES string of the molecule is CC(C)Nc1c(-c2nnc(N3CC4CCC(C3)N4CC3CCN(c4ccc(C5CCC(=O)NC5=O)cn4)CC3)s2)cnc2c1[nH]c1cc(C#N)ccc12. The largest absolute Gasteiger partial charge is 0.381 e. The molecule has 4 saturated heterocycles. The van der Waals surface area contributed by atoms with Gasteiger partial charge in [-0.2, -0.15) is 5.26 Å². The zero-order valence-electron chi connectivity index (χ0n) is 30.0. The number of amides is 2. The van der Waals surface area contributed by atoms with Crippen LogP contribution in [0.15, 0.2) is 42.7 Å². The van der Waals surface area contributed by atoms with Crippen LogP contribution >= 0.6 is 11.3 Å². The number of nitrogens with zero attached hydrogens (tertiary/aromatic N) is 8. The first-order chi connectivity index (χ1) is 25.8. The molecule has 4 aliphatic heterocycles. The van der Waals surface area contributed by atoms with Gasteiger partial charge in [-0.15, -0.1) is 10.2 Å². The number of pyridine rings is 2. The van der Waals surface area contributed by atoms with Gasteiger partial charge in [0.25, 0.3) is 0 Å². The van der Waals surface area contributed by atoms with Crippen molar-refractivity contribution in [1.82, 2.24) is 35.4 Å². The van der Waals surface area contributed by atoms with E-state index in [-0.39, 0.29) is 23.8 Å². The average Bonchev–Trinajstić information content (AvgIpc) is 3.85. The predicted molar refractivity (Wildman–Crippen MR) is 206 cm³/mol. The Morgan fingerprint density at radius 1 is 0.981 bits per heavy atom. The summed E-state index contributed by atoms with van der Waals surface area (Å²) in [6.07, 6.45) is 9.33. The minimum Gasteiger partial charge on any atom is -0.381 e. The van der Waals surface area contributed by atoms with Crippen molar-refractivity contribution in [2.45, 2.75) is 76.4 Å². The summed E-state index contributed by atoms with van der Waals surface area (Å²) >= 11 is 1.63. The third-order valence-electron chi connectivity index (χ3n) is 11.5. The van der Waals surface area contributed by atoms with E-state index in [4.69, 9.17) is 20.2 Å². The summed E-state index contributed by atoms with van der Waals surface area (Å²) < 4.78 is 0. The number of benzene rings is 1. The van der Waals surface area contributed by atoms with Gasteiger partial charge in [0.1, 0.15) is 5.82 Å². The molecule has 272 valence electrons. The number of carbonyl (C=O) groups is 2. The number of H-pyrrole nitrogens is 1. The van der Waals surface area contributed by atoms with Crippen LogP contribution in [0.2, 0.25) is 0 Å². The lowest BCUT2D eigenvalue weighted by Gasteiger charge is -2.43. The van der Waals surface area contributed by atoms with Crippen molar-refractivity contribution < 1.29 is 9.59 Å². The lowest BCUT2D eigenvalue weighted by atomic mass is 9.91. The van der Waals surface area contributed by atoms with Crippen molar-refractivity contribution in [3.8, 4) is 16.6 Å². The average molecular weight is 730 g/mol. The number of nitriles is 1. The molecule has 13 nitrogen and oxygen atoms in total. The van der Waals surface area contributed by atoms with Gasteiger partial charge < -0.3 is 20.1 Å². The molecule has 3 atom stereocenters. The van der Waals surface area contributed by atoms with Gasteiger partial charge in [-0.05, 0) is 81.7 Å². The summed E-state index contributed by atoms with van der Waals surface area (Å²) in [6, 6.07) is 13.2. The van der Waals surface area contributed by atoms with Crippen molar-refractivity contribution in [2.24, 2.45) is 5.92 Å². The number of piperidine rings is 2. The predicted octanol–water partition coefficient (Wildman–Crippen LogP) is 5.41. The molecule has 5 aromatic rings. The van der Waals surface area contributed by atoms with E-state index in [1.165, 1.54) is 12.8 Å². The van der Waals surface area contributed by atoms with E-state index in [2.05, 4.69) is 50.2 Å². The van der Waals surface area contributed by atoms with Gasteiger partial charge in [-0.3, -0.25) is 24.8 Å². The van der Waals surface area contributed by atoms with Gasteiger partial charge in [-0.1, -0.05) is 17.4 Å². The second kappa shape index (κ2) is 13.7. The molecular formula is C39H43N11O2S. The second-order valence-corrected chi connectivity index (χ2v) is 16.3. The Bertz CT molecular complexity index is 2220. The van der Waals surface area contributed by atoms with Gasteiger partial charge in [0.2, 0.25) is 16.9 Å². The molecule has 14 heteroatoms. The quantitative estimate of drug-likeness (QED) is 0.175. The van der Waals surface area contributed by atoms with Crippen LogP contribution in [0.5, 0.6) is 0 Å². The number of fused-ring (bicyclic) bond motifs is 5. The third-order valence-corrected chi connectivity index (χ3v) is 12.6. The zero-order valence-corrected chi connectivity index (χ0v) is 30.8. The number of carbonyl (C=O) groups excluding carboxylic acids is 2. The summed E-state index contributed by atoms with van der Waals surface area (Å²) in [7, 11) is 0. The highest BCUT2D eigenvalue weighted by molar-refractivity contribution is 7.18. The molecule has 9 rings (SSSR count). The molecule has 0 aliphatic carbocycles. The van der Waals surface area contributed by atoms with E-state index in [0.29, 0.717) is 36.4 Å². The van der Waals surface area contributed by atoms with Crippen LogP contribution in [-0.4, -0.2) is 92.7 Å². The van der Waals surface area contributed by atoms with Crippen LogP contribution in [0.4, 0.5) is 16.6 Å². The molecule has 3 N–H and O–H groups in total. The maximum absolute atomic E-state index is 12.3. The zero-order chi connectivity index (χ0) is 36.2. The molecule has 2 bridgehead atoms. The van der Waals surface area contributed by atoms with E-state index < -0.39 is 0 Å². The molecule has 53 heavy (non-hydrogen) atoms. The Hall–Kier alpha value is -5.13. The number of rotatable bonds is 8. The Balaban J connectivity index is 0.843. The molecule has 4 aliphatic rings. The Labute approximate surface area is 311 Å². The van der Waals surface area contributed by atoms with Gasteiger partial charge in [0, 0.05) is 80.6 Å². The second-order valence-electron chi connectivity index (χ2n) is 15.3. The van der Waals surface area contributed by atoms with Crippen LogP contribution in [0.1, 0.15) is 69.4 Å². The van der Waals surface area contributed by atoms with E-state index in [1.807, 2.05) is 42.7 Å². The fraction of sp³-hybridized carbons (Fsp3) is 0.462. The molecule has 4 aromatic heterocycles. The van der Waals surface area contributed by atoms with Gasteiger partial charge in [0.15, 0.2) is 5.01 Å². The van der Waals surface area contributed by atoms with Crippen molar-refractivity contribution in [2.75, 3.05) is 47.8 Å². The van der Waals surface area contributed by atoms with Crippen molar-refractivity contribution in [3.05, 3.63) is 53.9 Å². The third kappa shape index (κ3) is 6.35. The first kappa shape index (κ1) is 33.7.